The molecule has 0 aromatic carbocycles. The molecule has 0 aliphatic heterocycles. The van der Waals surface area contributed by atoms with Gasteiger partial charge in [0.2, 0.25) is 0 Å². The van der Waals surface area contributed by atoms with Crippen LogP contribution in [0.2, 0.25) is 0 Å². The molecule has 1 aromatic heterocycles. The van der Waals surface area contributed by atoms with Gasteiger partial charge in [0.25, 0.3) is 0 Å². The van der Waals surface area contributed by atoms with Gasteiger partial charge in [0, 0.05) is 5.69 Å². The molecule has 4 heteroatoms. The number of rotatable bonds is 0. The number of thiol groups is 1. The van der Waals surface area contributed by atoms with Crippen molar-refractivity contribution in [3.8, 4) is 0 Å². The van der Waals surface area contributed by atoms with Gasteiger partial charge in [0.1, 0.15) is 0 Å². The summed E-state index contributed by atoms with van der Waals surface area (Å²) in [7, 11) is 0. The van der Waals surface area contributed by atoms with E-state index in [9.17, 15) is 4.79 Å². The minimum Gasteiger partial charge on any atom is -0.309 e. The second-order valence-electron chi connectivity index (χ2n) is 1.55. The van der Waals surface area contributed by atoms with Crippen LogP contribution in [0.1, 0.15) is 5.69 Å². The Labute approximate surface area is 51.5 Å². The molecule has 1 rings (SSSR count). The third-order valence-corrected chi connectivity index (χ3v) is 1.34. The Morgan fingerprint density at radius 3 is 2.25 bits per heavy atom. The van der Waals surface area contributed by atoms with Crippen LogP contribution in [0, 0.1) is 6.92 Å². The Balaban J connectivity index is 3.35. The van der Waals surface area contributed by atoms with Crippen molar-refractivity contribution in [1.82, 2.24) is 9.97 Å². The van der Waals surface area contributed by atoms with Gasteiger partial charge in [-0.15, -0.1) is 12.6 Å². The first-order chi connectivity index (χ1) is 3.70. The Kier molecular flexibility index (Phi) is 1.17. The molecule has 0 unspecified atom stereocenters. The molecule has 0 fully saturated rings. The number of aromatic amines is 2. The normalized spacial score (nSPS) is 9.75. The van der Waals surface area contributed by atoms with Crippen molar-refractivity contribution in [2.45, 2.75) is 11.9 Å². The standard InChI is InChI=1S/C4H6N2OS/c1-2-3(8)6-4(7)5-2/h8H,1H3,(H2,5,6,7). The average Bonchev–Trinajstić information content (AvgIpc) is 1.85. The Morgan fingerprint density at radius 1 is 1.50 bits per heavy atom. The summed E-state index contributed by atoms with van der Waals surface area (Å²) in [6, 6.07) is 0. The van der Waals surface area contributed by atoms with Crippen LogP contribution in [0.4, 0.5) is 0 Å². The van der Waals surface area contributed by atoms with E-state index >= 15 is 0 Å². The minimum absolute atomic E-state index is 0.201. The molecule has 0 radical (unpaired) electrons. The van der Waals surface area contributed by atoms with Gasteiger partial charge in [0.15, 0.2) is 0 Å². The topological polar surface area (TPSA) is 48.6 Å². The van der Waals surface area contributed by atoms with Gasteiger partial charge in [-0.25, -0.2) is 4.79 Å². The predicted octanol–water partition coefficient (Wildman–Crippen LogP) is 0.300. The van der Waals surface area contributed by atoms with Gasteiger partial charge in [-0.05, 0) is 6.92 Å². The summed E-state index contributed by atoms with van der Waals surface area (Å²) in [5.74, 6) is 0. The molecule has 0 aliphatic rings. The third-order valence-electron chi connectivity index (χ3n) is 0.888. The van der Waals surface area contributed by atoms with E-state index in [1.165, 1.54) is 0 Å². The van der Waals surface area contributed by atoms with E-state index in [2.05, 4.69) is 22.6 Å². The van der Waals surface area contributed by atoms with Crippen LogP contribution in [0.5, 0.6) is 0 Å². The fourth-order valence-electron chi connectivity index (χ4n) is 0.462. The van der Waals surface area contributed by atoms with Crippen LogP contribution in [0.3, 0.4) is 0 Å². The lowest BCUT2D eigenvalue weighted by molar-refractivity contribution is 1.13. The predicted molar refractivity (Wildman–Crippen MR) is 33.4 cm³/mol. The molecule has 0 atom stereocenters. The minimum atomic E-state index is -0.201. The molecule has 3 nitrogen and oxygen atoms in total. The summed E-state index contributed by atoms with van der Waals surface area (Å²) < 4.78 is 0. The quantitative estimate of drug-likeness (QED) is 0.435. The summed E-state index contributed by atoms with van der Waals surface area (Å²) in [6.45, 7) is 1.78. The maximum Gasteiger partial charge on any atom is 0.323 e. The third kappa shape index (κ3) is 0.790. The van der Waals surface area contributed by atoms with Gasteiger partial charge < -0.3 is 9.97 Å². The smallest absolute Gasteiger partial charge is 0.309 e. The van der Waals surface area contributed by atoms with Gasteiger partial charge in [-0.3, -0.25) is 0 Å². The van der Waals surface area contributed by atoms with E-state index in [0.29, 0.717) is 5.03 Å². The van der Waals surface area contributed by atoms with Gasteiger partial charge in [-0.2, -0.15) is 0 Å². The van der Waals surface area contributed by atoms with E-state index in [4.69, 9.17) is 0 Å². The summed E-state index contributed by atoms with van der Waals surface area (Å²) >= 11 is 3.93. The second-order valence-corrected chi connectivity index (χ2v) is 2.00. The highest BCUT2D eigenvalue weighted by Crippen LogP contribution is 2.00. The number of nitrogens with one attached hydrogen (secondary N) is 2. The molecular weight excluding hydrogens is 124 g/mol. The SMILES string of the molecule is Cc1[nH]c(=O)[nH]c1S. The van der Waals surface area contributed by atoms with Crippen molar-refractivity contribution < 1.29 is 0 Å². The Morgan fingerprint density at radius 2 is 2.12 bits per heavy atom. The molecule has 1 aromatic rings. The Bertz CT molecular complexity index is 214. The number of imidazole rings is 1. The highest BCUT2D eigenvalue weighted by molar-refractivity contribution is 7.80. The molecule has 1 heterocycles. The van der Waals surface area contributed by atoms with E-state index in [1.807, 2.05) is 0 Å². The number of hydrogen-bond donors (Lipinski definition) is 3. The maximum atomic E-state index is 10.4. The molecule has 0 aliphatic carbocycles. The van der Waals surface area contributed by atoms with Crippen molar-refractivity contribution in [2.24, 2.45) is 0 Å². The maximum absolute atomic E-state index is 10.4. The van der Waals surface area contributed by atoms with E-state index in [0.717, 1.165) is 5.69 Å². The van der Waals surface area contributed by atoms with Crippen LogP contribution in [0.25, 0.3) is 0 Å². The summed E-state index contributed by atoms with van der Waals surface area (Å²) in [4.78, 5) is 15.3. The number of H-pyrrole nitrogens is 2. The monoisotopic (exact) mass is 130 g/mol. The molecule has 0 saturated heterocycles. The zero-order valence-electron chi connectivity index (χ0n) is 4.36. The first kappa shape index (κ1) is 5.50. The lowest BCUT2D eigenvalue weighted by atomic mass is 10.6. The molecule has 2 N–H and O–H groups in total. The van der Waals surface area contributed by atoms with Crippen LogP contribution in [0.15, 0.2) is 9.82 Å². The van der Waals surface area contributed by atoms with Crippen molar-refractivity contribution >= 4 is 12.6 Å². The van der Waals surface area contributed by atoms with Crippen LogP contribution >= 0.6 is 12.6 Å². The molecule has 44 valence electrons. The molecule has 0 bridgehead atoms. The zero-order chi connectivity index (χ0) is 6.15. The average molecular weight is 130 g/mol. The fraction of sp³-hybridized carbons (Fsp3) is 0.250. The Hall–Kier alpha value is -0.640. The molecular formula is C4H6N2OS. The largest absolute Gasteiger partial charge is 0.323 e. The van der Waals surface area contributed by atoms with Gasteiger partial charge >= 0.3 is 5.69 Å². The summed E-state index contributed by atoms with van der Waals surface area (Å²) in [6.07, 6.45) is 0. The zero-order valence-corrected chi connectivity index (χ0v) is 5.25. The van der Waals surface area contributed by atoms with Crippen LogP contribution < -0.4 is 5.69 Å². The lowest BCUT2D eigenvalue weighted by Gasteiger charge is -1.78. The van der Waals surface area contributed by atoms with Crippen molar-refractivity contribution in [3.63, 3.8) is 0 Å². The summed E-state index contributed by atoms with van der Waals surface area (Å²) in [5, 5.41) is 0.606. The molecule has 8 heavy (non-hydrogen) atoms. The molecule has 0 saturated carbocycles. The fourth-order valence-corrected chi connectivity index (χ4v) is 0.619. The van der Waals surface area contributed by atoms with E-state index in [-0.39, 0.29) is 5.69 Å². The highest BCUT2D eigenvalue weighted by Gasteiger charge is 1.92. The van der Waals surface area contributed by atoms with Crippen molar-refractivity contribution in [2.75, 3.05) is 0 Å². The van der Waals surface area contributed by atoms with Crippen molar-refractivity contribution in [1.29, 1.82) is 0 Å². The van der Waals surface area contributed by atoms with Gasteiger partial charge in [0.05, 0.1) is 5.03 Å². The lowest BCUT2D eigenvalue weighted by Crippen LogP contribution is -1.99. The van der Waals surface area contributed by atoms with E-state index in [1.54, 1.807) is 6.92 Å². The number of aryl methyl sites for hydroxylation is 1. The van der Waals surface area contributed by atoms with Crippen LogP contribution in [-0.2, 0) is 0 Å². The first-order valence-electron chi connectivity index (χ1n) is 2.18. The van der Waals surface area contributed by atoms with Crippen molar-refractivity contribution in [3.05, 3.63) is 16.2 Å². The second kappa shape index (κ2) is 1.70. The molecule has 0 amide bonds. The van der Waals surface area contributed by atoms with Crippen LogP contribution in [-0.4, -0.2) is 9.97 Å². The molecule has 0 spiro atoms. The van der Waals surface area contributed by atoms with Gasteiger partial charge in [-0.1, -0.05) is 0 Å². The summed E-state index contributed by atoms with van der Waals surface area (Å²) in [5.41, 5.74) is 0.575. The first-order valence-corrected chi connectivity index (χ1v) is 2.62. The number of hydrogen-bond acceptors (Lipinski definition) is 2. The number of aromatic nitrogens is 2. The highest BCUT2D eigenvalue weighted by atomic mass is 32.1. The van der Waals surface area contributed by atoms with E-state index < -0.39 is 0 Å².